The maximum absolute atomic E-state index is 12.4. The molecule has 0 aliphatic carbocycles. The van der Waals surface area contributed by atoms with Crippen LogP contribution in [0, 0.1) is 13.8 Å². The fourth-order valence-electron chi connectivity index (χ4n) is 3.24. The van der Waals surface area contributed by atoms with Crippen LogP contribution in [0.3, 0.4) is 0 Å². The van der Waals surface area contributed by atoms with Gasteiger partial charge in [0.05, 0.1) is 5.57 Å². The molecule has 0 spiro atoms. The number of carboxylic acids is 1. The number of unbranched alkanes of at least 4 members (excludes halogenated alkanes) is 1. The molecule has 7 heteroatoms. The highest BCUT2D eigenvalue weighted by Gasteiger charge is 2.25. The number of hydrogen-bond donors (Lipinski definition) is 4. The fourth-order valence-corrected chi connectivity index (χ4v) is 3.24. The third-order valence-electron chi connectivity index (χ3n) is 4.61. The lowest BCUT2D eigenvalue weighted by atomic mass is 10.0. The maximum Gasteiger partial charge on any atom is 0.303 e. The lowest BCUT2D eigenvalue weighted by Crippen LogP contribution is -2.11. The van der Waals surface area contributed by atoms with E-state index < -0.39 is 5.97 Å². The van der Waals surface area contributed by atoms with Crippen molar-refractivity contribution < 1.29 is 19.5 Å². The molecule has 2 aromatic rings. The van der Waals surface area contributed by atoms with Gasteiger partial charge in [-0.1, -0.05) is 0 Å². The molecule has 0 saturated carbocycles. The number of benzene rings is 1. The van der Waals surface area contributed by atoms with E-state index in [1.807, 2.05) is 26.0 Å². The molecule has 1 aliphatic heterocycles. The minimum atomic E-state index is -0.858. The summed E-state index contributed by atoms with van der Waals surface area (Å²) in [5, 5.41) is 14.3. The molecule has 2 heterocycles. The molecule has 1 aliphatic rings. The molecule has 0 saturated heterocycles. The Kier molecular flexibility index (Phi) is 5.63. The van der Waals surface area contributed by atoms with Crippen molar-refractivity contribution in [3.05, 3.63) is 46.8 Å². The topological polar surface area (TPSA) is 111 Å². The van der Waals surface area contributed by atoms with Crippen molar-refractivity contribution in [2.24, 2.45) is 0 Å². The highest BCUT2D eigenvalue weighted by molar-refractivity contribution is 6.35. The van der Waals surface area contributed by atoms with Gasteiger partial charge >= 0.3 is 5.97 Å². The van der Waals surface area contributed by atoms with E-state index in [-0.39, 0.29) is 24.7 Å². The molecule has 7 nitrogen and oxygen atoms in total. The van der Waals surface area contributed by atoms with Crippen LogP contribution in [0.4, 0.5) is 11.4 Å². The average molecular weight is 381 g/mol. The molecule has 0 bridgehead atoms. The molecular weight excluding hydrogens is 358 g/mol. The van der Waals surface area contributed by atoms with Crippen molar-refractivity contribution in [2.45, 2.75) is 39.5 Å². The van der Waals surface area contributed by atoms with E-state index in [0.29, 0.717) is 29.8 Å². The predicted molar refractivity (Wildman–Crippen MR) is 108 cm³/mol. The van der Waals surface area contributed by atoms with Crippen molar-refractivity contribution in [1.29, 1.82) is 0 Å². The molecule has 0 radical (unpaired) electrons. The van der Waals surface area contributed by atoms with Gasteiger partial charge in [0, 0.05) is 41.2 Å². The predicted octanol–water partition coefficient (Wildman–Crippen LogP) is 3.71. The molecule has 1 aromatic carbocycles. The first-order valence-corrected chi connectivity index (χ1v) is 9.19. The van der Waals surface area contributed by atoms with Gasteiger partial charge in [0.2, 0.25) is 5.91 Å². The molecule has 2 amide bonds. The molecule has 1 aromatic heterocycles. The summed E-state index contributed by atoms with van der Waals surface area (Å²) < 4.78 is 0. The SMILES string of the molecule is Cc1cc(C)c(/C=C2\C(=O)Nc3ccc(NC(=O)CCCCC(=O)O)cc32)[nH]1. The summed E-state index contributed by atoms with van der Waals surface area (Å²) in [6.07, 6.45) is 3.12. The Balaban J connectivity index is 1.74. The van der Waals surface area contributed by atoms with Crippen LogP contribution < -0.4 is 10.6 Å². The van der Waals surface area contributed by atoms with Crippen molar-refractivity contribution in [3.8, 4) is 0 Å². The Morgan fingerprint density at radius 1 is 1.14 bits per heavy atom. The van der Waals surface area contributed by atoms with Gasteiger partial charge in [-0.3, -0.25) is 14.4 Å². The summed E-state index contributed by atoms with van der Waals surface area (Å²) >= 11 is 0. The van der Waals surface area contributed by atoms with Gasteiger partial charge in [0.15, 0.2) is 0 Å². The van der Waals surface area contributed by atoms with Gasteiger partial charge < -0.3 is 20.7 Å². The minimum Gasteiger partial charge on any atom is -0.481 e. The maximum atomic E-state index is 12.4. The molecule has 4 N–H and O–H groups in total. The van der Waals surface area contributed by atoms with Gasteiger partial charge in [0.25, 0.3) is 5.91 Å². The van der Waals surface area contributed by atoms with E-state index in [9.17, 15) is 14.4 Å². The second-order valence-corrected chi connectivity index (χ2v) is 6.97. The zero-order valence-corrected chi connectivity index (χ0v) is 15.9. The van der Waals surface area contributed by atoms with Gasteiger partial charge in [0.1, 0.15) is 0 Å². The monoisotopic (exact) mass is 381 g/mol. The number of hydrogen-bond acceptors (Lipinski definition) is 3. The van der Waals surface area contributed by atoms with E-state index in [4.69, 9.17) is 5.11 Å². The highest BCUT2D eigenvalue weighted by Crippen LogP contribution is 2.35. The van der Waals surface area contributed by atoms with Crippen LogP contribution in [0.25, 0.3) is 11.6 Å². The van der Waals surface area contributed by atoms with Crippen molar-refractivity contribution in [1.82, 2.24) is 4.98 Å². The van der Waals surface area contributed by atoms with Crippen molar-refractivity contribution in [2.75, 3.05) is 10.6 Å². The van der Waals surface area contributed by atoms with E-state index >= 15 is 0 Å². The number of carbonyl (C=O) groups excluding carboxylic acids is 2. The zero-order chi connectivity index (χ0) is 20.3. The number of anilines is 2. The smallest absolute Gasteiger partial charge is 0.303 e. The first kappa shape index (κ1) is 19.4. The molecule has 3 rings (SSSR count). The van der Waals surface area contributed by atoms with Crippen LogP contribution in [0.5, 0.6) is 0 Å². The average Bonchev–Trinajstić information content (AvgIpc) is 3.10. The van der Waals surface area contributed by atoms with Gasteiger partial charge in [-0.05, 0) is 62.6 Å². The van der Waals surface area contributed by atoms with Gasteiger partial charge in [-0.25, -0.2) is 0 Å². The number of aryl methyl sites for hydroxylation is 2. The van der Waals surface area contributed by atoms with Crippen LogP contribution in [0.15, 0.2) is 24.3 Å². The molecule has 0 atom stereocenters. The first-order valence-electron chi connectivity index (χ1n) is 9.19. The van der Waals surface area contributed by atoms with Gasteiger partial charge in [-0.2, -0.15) is 0 Å². The number of carboxylic acid groups (broad SMARTS) is 1. The lowest BCUT2D eigenvalue weighted by molar-refractivity contribution is -0.137. The number of aromatic nitrogens is 1. The van der Waals surface area contributed by atoms with Crippen LogP contribution in [-0.4, -0.2) is 27.9 Å². The van der Waals surface area contributed by atoms with Crippen LogP contribution in [0.2, 0.25) is 0 Å². The Labute approximate surface area is 162 Å². The summed E-state index contributed by atoms with van der Waals surface area (Å²) in [4.78, 5) is 38.2. The van der Waals surface area contributed by atoms with Gasteiger partial charge in [-0.15, -0.1) is 0 Å². The van der Waals surface area contributed by atoms with Crippen molar-refractivity contribution in [3.63, 3.8) is 0 Å². The summed E-state index contributed by atoms with van der Waals surface area (Å²) in [6.45, 7) is 3.94. The molecule has 0 unspecified atom stereocenters. The van der Waals surface area contributed by atoms with E-state index in [1.165, 1.54) is 0 Å². The number of aromatic amines is 1. The third kappa shape index (κ3) is 4.49. The molecule has 28 heavy (non-hydrogen) atoms. The first-order chi connectivity index (χ1) is 13.3. The number of H-pyrrole nitrogens is 1. The third-order valence-corrected chi connectivity index (χ3v) is 4.61. The number of amides is 2. The normalized spacial score (nSPS) is 14.1. The fraction of sp³-hybridized carbons (Fsp3) is 0.286. The zero-order valence-electron chi connectivity index (χ0n) is 15.9. The molecule has 146 valence electrons. The summed E-state index contributed by atoms with van der Waals surface area (Å²) in [6, 6.07) is 7.29. The largest absolute Gasteiger partial charge is 0.481 e. The number of rotatable bonds is 7. The molecule has 0 fully saturated rings. The Morgan fingerprint density at radius 3 is 2.57 bits per heavy atom. The van der Waals surface area contributed by atoms with Crippen LogP contribution in [-0.2, 0) is 14.4 Å². The number of nitrogens with one attached hydrogen (secondary N) is 3. The Morgan fingerprint density at radius 2 is 1.89 bits per heavy atom. The Hall–Kier alpha value is -3.35. The van der Waals surface area contributed by atoms with Crippen LogP contribution >= 0.6 is 0 Å². The summed E-state index contributed by atoms with van der Waals surface area (Å²) in [5.41, 5.74) is 5.53. The highest BCUT2D eigenvalue weighted by atomic mass is 16.4. The standard InChI is InChI=1S/C21H23N3O4/c1-12-9-13(2)22-18(12)11-16-15-10-14(7-8-17(15)24-21(16)28)23-19(25)5-3-4-6-20(26)27/h7-11,22H,3-6H2,1-2H3,(H,23,25)(H,24,28)(H,26,27)/b16-11-. The number of aliphatic carboxylic acids is 1. The van der Waals surface area contributed by atoms with Crippen LogP contribution in [0.1, 0.15) is 48.2 Å². The Bertz CT molecular complexity index is 972. The quantitative estimate of drug-likeness (QED) is 0.433. The lowest BCUT2D eigenvalue weighted by Gasteiger charge is -2.07. The second-order valence-electron chi connectivity index (χ2n) is 6.97. The summed E-state index contributed by atoms with van der Waals surface area (Å²) in [5.74, 6) is -1.22. The number of carbonyl (C=O) groups is 3. The minimum absolute atomic E-state index is 0.0612. The van der Waals surface area contributed by atoms with Crippen molar-refractivity contribution >= 4 is 40.8 Å². The van der Waals surface area contributed by atoms with E-state index in [2.05, 4.69) is 15.6 Å². The second kappa shape index (κ2) is 8.12. The van der Waals surface area contributed by atoms with E-state index in [1.54, 1.807) is 18.2 Å². The van der Waals surface area contributed by atoms with E-state index in [0.717, 1.165) is 22.5 Å². The molecular formula is C21H23N3O4. The number of fused-ring (bicyclic) bond motifs is 1. The summed E-state index contributed by atoms with van der Waals surface area (Å²) in [7, 11) is 0.